The van der Waals surface area contributed by atoms with Crippen LogP contribution in [0, 0.1) is 0 Å². The van der Waals surface area contributed by atoms with Gasteiger partial charge in [-0.2, -0.15) is 0 Å². The van der Waals surface area contributed by atoms with Crippen LogP contribution in [-0.4, -0.2) is 20.4 Å². The largest absolute Gasteiger partial charge is 0.318 e. The molecule has 0 atom stereocenters. The van der Waals surface area contributed by atoms with Crippen molar-refractivity contribution in [3.8, 4) is 0 Å². The maximum absolute atomic E-state index is 3.25. The molecule has 0 aromatic rings. The van der Waals surface area contributed by atoms with E-state index in [1.807, 2.05) is 0 Å². The Morgan fingerprint density at radius 3 is 2.71 bits per heavy atom. The number of hydrogen-bond acceptors (Lipinski definition) is 1. The smallest absolute Gasteiger partial charge is 0.119 e. The average molecular weight is 99.0 g/mol. The minimum atomic E-state index is 1.11. The van der Waals surface area contributed by atoms with Crippen molar-refractivity contribution in [1.29, 1.82) is 0 Å². The molecule has 0 saturated carbocycles. The van der Waals surface area contributed by atoms with E-state index in [0.29, 0.717) is 0 Å². The van der Waals surface area contributed by atoms with Gasteiger partial charge in [0.05, 0.1) is 0 Å². The summed E-state index contributed by atoms with van der Waals surface area (Å²) in [5.74, 6) is 0. The first-order valence-corrected chi connectivity index (χ1v) is 3.12. The van der Waals surface area contributed by atoms with Crippen LogP contribution in [0.4, 0.5) is 0 Å². The predicted octanol–water partition coefficient (Wildman–Crippen LogP) is 0.499. The topological polar surface area (TPSA) is 12.0 Å². The molecule has 0 spiro atoms. The van der Waals surface area contributed by atoms with Gasteiger partial charge >= 0.3 is 0 Å². The van der Waals surface area contributed by atoms with Crippen molar-refractivity contribution in [2.75, 3.05) is 13.1 Å². The summed E-state index contributed by atoms with van der Waals surface area (Å²) in [7, 11) is 1.30. The monoisotopic (exact) mass is 99.1 g/mol. The van der Waals surface area contributed by atoms with E-state index in [2.05, 4.69) is 19.1 Å². The van der Waals surface area contributed by atoms with Crippen molar-refractivity contribution in [2.24, 2.45) is 0 Å². The molecule has 0 saturated heterocycles. The Morgan fingerprint density at radius 2 is 2.29 bits per heavy atom. The van der Waals surface area contributed by atoms with Gasteiger partial charge in [-0.3, -0.25) is 0 Å². The highest BCUT2D eigenvalue weighted by Gasteiger charge is 1.79. The highest BCUT2D eigenvalue weighted by atomic mass is 14.8. The van der Waals surface area contributed by atoms with Crippen molar-refractivity contribution in [2.45, 2.75) is 20.1 Å². The van der Waals surface area contributed by atoms with E-state index in [4.69, 9.17) is 0 Å². The van der Waals surface area contributed by atoms with Crippen LogP contribution in [0.2, 0.25) is 13.1 Å². The van der Waals surface area contributed by atoms with Crippen LogP contribution < -0.4 is 5.32 Å². The molecule has 0 heterocycles. The Hall–Kier alpha value is 0.0249. The fourth-order valence-corrected chi connectivity index (χ4v) is 0.479. The Balaban J connectivity index is 2.45. The quantitative estimate of drug-likeness (QED) is 0.399. The Kier molecular flexibility index (Phi) is 6.05. The molecule has 2 heteroatoms. The number of rotatable bonds is 4. The Bertz CT molecular complexity index is 27.3. The molecule has 42 valence electrons. The maximum Gasteiger partial charge on any atom is 0.119 e. The summed E-state index contributed by atoms with van der Waals surface area (Å²) in [6, 6.07) is 0. The number of nitrogens with one attached hydrogen (secondary N) is 1. The molecular formula is C5H14BN. The van der Waals surface area contributed by atoms with Gasteiger partial charge < -0.3 is 5.32 Å². The molecule has 1 N–H and O–H groups in total. The Labute approximate surface area is 46.7 Å². The van der Waals surface area contributed by atoms with Crippen LogP contribution >= 0.6 is 0 Å². The third-order valence-corrected chi connectivity index (χ3v) is 0.957. The van der Waals surface area contributed by atoms with Crippen molar-refractivity contribution in [1.82, 2.24) is 5.32 Å². The van der Waals surface area contributed by atoms with E-state index in [0.717, 1.165) is 6.54 Å². The first-order valence-electron chi connectivity index (χ1n) is 3.12. The number of hydrogen-bond donors (Lipinski definition) is 1. The van der Waals surface area contributed by atoms with E-state index < -0.39 is 0 Å². The fraction of sp³-hybridized carbons (Fsp3) is 1.00. The summed E-state index contributed by atoms with van der Waals surface area (Å²) in [6.07, 6.45) is 1.31. The van der Waals surface area contributed by atoms with Crippen LogP contribution in [-0.2, 0) is 0 Å². The van der Waals surface area contributed by atoms with E-state index in [-0.39, 0.29) is 0 Å². The van der Waals surface area contributed by atoms with Crippen LogP contribution in [0.15, 0.2) is 0 Å². The van der Waals surface area contributed by atoms with E-state index >= 15 is 0 Å². The molecule has 0 rings (SSSR count). The minimum Gasteiger partial charge on any atom is -0.318 e. The second-order valence-corrected chi connectivity index (χ2v) is 1.71. The van der Waals surface area contributed by atoms with Gasteiger partial charge in [-0.15, -0.1) is 0 Å². The van der Waals surface area contributed by atoms with Gasteiger partial charge in [0, 0.05) is 0 Å². The fourth-order valence-electron chi connectivity index (χ4n) is 0.479. The zero-order chi connectivity index (χ0) is 5.54. The molecule has 0 aliphatic carbocycles. The molecular weight excluding hydrogens is 84.9 g/mol. The standard InChI is InChI=1S/C5H14BN/c1-3-7-5-4-6-2/h6-7H,3-5H2,1-2H3. The summed E-state index contributed by atoms with van der Waals surface area (Å²) >= 11 is 0. The Morgan fingerprint density at radius 1 is 1.57 bits per heavy atom. The van der Waals surface area contributed by atoms with Crippen LogP contribution in [0.5, 0.6) is 0 Å². The summed E-state index contributed by atoms with van der Waals surface area (Å²) in [5.41, 5.74) is 0. The summed E-state index contributed by atoms with van der Waals surface area (Å²) in [6.45, 7) is 6.64. The lowest BCUT2D eigenvalue weighted by molar-refractivity contribution is 0.760. The first kappa shape index (κ1) is 7.02. The normalized spacial score (nSPS) is 8.86. The van der Waals surface area contributed by atoms with Crippen LogP contribution in [0.25, 0.3) is 0 Å². The van der Waals surface area contributed by atoms with Gasteiger partial charge in [-0.1, -0.05) is 20.1 Å². The zero-order valence-electron chi connectivity index (χ0n) is 5.33. The molecule has 0 amide bonds. The molecule has 0 aromatic heterocycles. The van der Waals surface area contributed by atoms with Crippen molar-refractivity contribution in [3.05, 3.63) is 0 Å². The third-order valence-electron chi connectivity index (χ3n) is 0.957. The lowest BCUT2D eigenvalue weighted by Crippen LogP contribution is -2.14. The van der Waals surface area contributed by atoms with Crippen molar-refractivity contribution in [3.63, 3.8) is 0 Å². The van der Waals surface area contributed by atoms with E-state index in [1.54, 1.807) is 0 Å². The lowest BCUT2D eigenvalue weighted by atomic mass is 9.78. The molecule has 0 unspecified atom stereocenters. The summed E-state index contributed by atoms with van der Waals surface area (Å²) in [4.78, 5) is 0. The van der Waals surface area contributed by atoms with Crippen LogP contribution in [0.3, 0.4) is 0 Å². The van der Waals surface area contributed by atoms with Crippen molar-refractivity contribution >= 4 is 7.28 Å². The van der Waals surface area contributed by atoms with Gasteiger partial charge in [-0.25, -0.2) is 0 Å². The van der Waals surface area contributed by atoms with Gasteiger partial charge in [0.25, 0.3) is 0 Å². The summed E-state index contributed by atoms with van der Waals surface area (Å²) in [5, 5.41) is 3.25. The molecule has 0 radical (unpaired) electrons. The minimum absolute atomic E-state index is 1.11. The molecule has 0 aliphatic rings. The first-order chi connectivity index (χ1) is 3.41. The molecule has 0 bridgehead atoms. The molecule has 0 fully saturated rings. The highest BCUT2D eigenvalue weighted by molar-refractivity contribution is 6.33. The predicted molar refractivity (Wildman–Crippen MR) is 36.4 cm³/mol. The third kappa shape index (κ3) is 6.02. The SMILES string of the molecule is CBCCNCC. The van der Waals surface area contributed by atoms with Gasteiger partial charge in [0.15, 0.2) is 0 Å². The maximum atomic E-state index is 3.25. The second-order valence-electron chi connectivity index (χ2n) is 1.71. The van der Waals surface area contributed by atoms with Crippen LogP contribution in [0.1, 0.15) is 6.92 Å². The lowest BCUT2D eigenvalue weighted by Gasteiger charge is -1.94. The average Bonchev–Trinajstić information content (AvgIpc) is 1.69. The second kappa shape index (κ2) is 6.02. The van der Waals surface area contributed by atoms with E-state index in [9.17, 15) is 0 Å². The molecule has 0 aromatic carbocycles. The van der Waals surface area contributed by atoms with Gasteiger partial charge in [0.1, 0.15) is 7.28 Å². The van der Waals surface area contributed by atoms with Gasteiger partial charge in [-0.05, 0) is 13.1 Å². The molecule has 1 nitrogen and oxygen atoms in total. The molecule has 0 aliphatic heterocycles. The highest BCUT2D eigenvalue weighted by Crippen LogP contribution is 1.70. The summed E-state index contributed by atoms with van der Waals surface area (Å²) < 4.78 is 0. The van der Waals surface area contributed by atoms with Gasteiger partial charge in [0.2, 0.25) is 0 Å². The van der Waals surface area contributed by atoms with Crippen molar-refractivity contribution < 1.29 is 0 Å². The zero-order valence-corrected chi connectivity index (χ0v) is 5.33. The molecule has 7 heavy (non-hydrogen) atoms. The van der Waals surface area contributed by atoms with E-state index in [1.165, 1.54) is 20.1 Å².